The number of rotatable bonds is 10. The molecule has 1 aliphatic carbocycles. The molecule has 1 heterocycles. The minimum Gasteiger partial charge on any atom is -0.349 e. The summed E-state index contributed by atoms with van der Waals surface area (Å²) in [6, 6.07) is 16.8. The predicted octanol–water partition coefficient (Wildman–Crippen LogP) is 3.59. The summed E-state index contributed by atoms with van der Waals surface area (Å²) in [5.41, 5.74) is 1.19. The molecule has 2 aromatic carbocycles. The Balaban J connectivity index is 1.48. The Kier molecular flexibility index (Phi) is 8.89. The topological polar surface area (TPSA) is 123 Å². The summed E-state index contributed by atoms with van der Waals surface area (Å²) in [4.78, 5) is 52.0. The Morgan fingerprint density at radius 1 is 1.00 bits per heavy atom. The number of Topliss-reactive ketones (excluding diaryl/α,β-unsaturated/α-hetero) is 1. The number of hydrogen-bond acceptors (Lipinski definition) is 6. The number of carbonyl (C=O) groups excluding carboxylic acids is 3. The first-order chi connectivity index (χ1) is 18.3. The number of nitrogens with zero attached hydrogens (tertiary/aromatic N) is 2. The highest BCUT2D eigenvalue weighted by molar-refractivity contribution is 5.95. The number of carbonyl (C=O) groups is 3. The van der Waals surface area contributed by atoms with E-state index < -0.39 is 17.7 Å². The van der Waals surface area contributed by atoms with Crippen molar-refractivity contribution >= 4 is 17.6 Å². The van der Waals surface area contributed by atoms with Gasteiger partial charge in [-0.1, -0.05) is 80.4 Å². The van der Waals surface area contributed by atoms with Gasteiger partial charge < -0.3 is 10.6 Å². The van der Waals surface area contributed by atoms with Crippen LogP contribution in [0.1, 0.15) is 56.3 Å². The molecule has 3 aromatic rings. The van der Waals surface area contributed by atoms with Gasteiger partial charge >= 0.3 is 5.76 Å². The van der Waals surface area contributed by atoms with E-state index in [4.69, 9.17) is 4.52 Å². The monoisotopic (exact) mass is 518 g/mol. The molecule has 38 heavy (non-hydrogen) atoms. The van der Waals surface area contributed by atoms with Crippen molar-refractivity contribution < 1.29 is 18.9 Å². The second-order valence-corrected chi connectivity index (χ2v) is 10.2. The third-order valence-electron chi connectivity index (χ3n) is 6.90. The number of benzene rings is 2. The molecule has 2 amide bonds. The standard InChI is InChI=1S/C29H34N4O5/c1-19(2)17-24(25(34)18-33-26(32-38-29(33)37)20-11-5-3-6-12-20)31-28(36)22-15-9-10-16-23(22)30-27(35)21-13-7-4-8-14-21/h3-8,11-14,19,22-24H,9-10,15-18H2,1-2H3,(H,30,35)(H,31,36)/t22-,23+,24+/m1/s1. The van der Waals surface area contributed by atoms with Gasteiger partial charge in [0.25, 0.3) is 5.91 Å². The minimum absolute atomic E-state index is 0.122. The molecule has 0 unspecified atom stereocenters. The molecule has 9 nitrogen and oxygen atoms in total. The van der Waals surface area contributed by atoms with Crippen molar-refractivity contribution in [1.29, 1.82) is 0 Å². The molecule has 0 bridgehead atoms. The minimum atomic E-state index is -0.791. The number of ketones is 1. The Labute approximate surface area is 221 Å². The van der Waals surface area contributed by atoms with Crippen LogP contribution >= 0.6 is 0 Å². The molecule has 0 radical (unpaired) electrons. The average Bonchev–Trinajstić information content (AvgIpc) is 3.28. The molecule has 3 atom stereocenters. The largest absolute Gasteiger partial charge is 0.442 e. The summed E-state index contributed by atoms with van der Waals surface area (Å²) < 4.78 is 6.05. The molecule has 2 N–H and O–H groups in total. The molecule has 200 valence electrons. The van der Waals surface area contributed by atoms with Crippen LogP contribution in [0.4, 0.5) is 0 Å². The first-order valence-corrected chi connectivity index (χ1v) is 13.1. The summed E-state index contributed by atoms with van der Waals surface area (Å²) in [5.74, 6) is -1.59. The maximum Gasteiger partial charge on any atom is 0.442 e. The summed E-state index contributed by atoms with van der Waals surface area (Å²) >= 11 is 0. The number of amides is 2. The van der Waals surface area contributed by atoms with Crippen molar-refractivity contribution in [1.82, 2.24) is 20.4 Å². The fraction of sp³-hybridized carbons (Fsp3) is 0.414. The van der Waals surface area contributed by atoms with Crippen molar-refractivity contribution in [3.05, 3.63) is 76.8 Å². The van der Waals surface area contributed by atoms with Crippen LogP contribution in [0.2, 0.25) is 0 Å². The lowest BCUT2D eigenvalue weighted by Gasteiger charge is -2.32. The lowest BCUT2D eigenvalue weighted by Crippen LogP contribution is -2.52. The Bertz CT molecular complexity index is 1300. The zero-order valence-electron chi connectivity index (χ0n) is 21.8. The quantitative estimate of drug-likeness (QED) is 0.423. The molecule has 0 spiro atoms. The number of hydrogen-bond donors (Lipinski definition) is 2. The highest BCUT2D eigenvalue weighted by Crippen LogP contribution is 2.26. The SMILES string of the molecule is CC(C)C[C@H](NC(=O)[C@@H]1CCCC[C@@H]1NC(=O)c1ccccc1)C(=O)Cn1c(-c2ccccc2)noc1=O. The fourth-order valence-electron chi connectivity index (χ4n) is 4.95. The second kappa shape index (κ2) is 12.5. The molecule has 1 saturated carbocycles. The maximum absolute atomic E-state index is 13.5. The van der Waals surface area contributed by atoms with Crippen LogP contribution in [-0.4, -0.2) is 39.4 Å². The molecule has 0 saturated heterocycles. The van der Waals surface area contributed by atoms with Crippen LogP contribution in [0.3, 0.4) is 0 Å². The zero-order chi connectivity index (χ0) is 27.1. The first kappa shape index (κ1) is 27.0. The van der Waals surface area contributed by atoms with Gasteiger partial charge in [-0.2, -0.15) is 0 Å². The van der Waals surface area contributed by atoms with Crippen LogP contribution in [-0.2, 0) is 16.1 Å². The molecule has 1 aliphatic rings. The van der Waals surface area contributed by atoms with E-state index >= 15 is 0 Å². The highest BCUT2D eigenvalue weighted by atomic mass is 16.5. The van der Waals surface area contributed by atoms with E-state index in [0.717, 1.165) is 12.8 Å². The zero-order valence-corrected chi connectivity index (χ0v) is 21.8. The Morgan fingerprint density at radius 2 is 1.66 bits per heavy atom. The van der Waals surface area contributed by atoms with Gasteiger partial charge in [0, 0.05) is 17.2 Å². The van der Waals surface area contributed by atoms with E-state index in [1.165, 1.54) is 4.57 Å². The second-order valence-electron chi connectivity index (χ2n) is 10.2. The van der Waals surface area contributed by atoms with Crippen molar-refractivity contribution in [2.75, 3.05) is 0 Å². The third-order valence-corrected chi connectivity index (χ3v) is 6.90. The van der Waals surface area contributed by atoms with Gasteiger partial charge in [-0.15, -0.1) is 0 Å². The van der Waals surface area contributed by atoms with E-state index in [1.807, 2.05) is 26.0 Å². The third kappa shape index (κ3) is 6.65. The van der Waals surface area contributed by atoms with Gasteiger partial charge in [0.05, 0.1) is 18.5 Å². The molecule has 1 fully saturated rings. The highest BCUT2D eigenvalue weighted by Gasteiger charge is 2.34. The lowest BCUT2D eigenvalue weighted by molar-refractivity contribution is -0.132. The molecule has 0 aliphatic heterocycles. The fourth-order valence-corrected chi connectivity index (χ4v) is 4.95. The smallest absolute Gasteiger partial charge is 0.349 e. The van der Waals surface area contributed by atoms with E-state index in [1.54, 1.807) is 48.5 Å². The normalized spacial score (nSPS) is 18.1. The Hall–Kier alpha value is -4.01. The van der Waals surface area contributed by atoms with Crippen LogP contribution in [0.25, 0.3) is 11.4 Å². The predicted molar refractivity (Wildman–Crippen MR) is 142 cm³/mol. The number of aromatic nitrogens is 2. The van der Waals surface area contributed by atoms with Gasteiger partial charge in [0.2, 0.25) is 5.91 Å². The van der Waals surface area contributed by atoms with E-state index in [0.29, 0.717) is 30.4 Å². The van der Waals surface area contributed by atoms with Gasteiger partial charge in [0.15, 0.2) is 11.6 Å². The summed E-state index contributed by atoms with van der Waals surface area (Å²) in [6.45, 7) is 3.66. The molecule has 1 aromatic heterocycles. The van der Waals surface area contributed by atoms with Crippen molar-refractivity contribution in [3.8, 4) is 11.4 Å². The summed E-state index contributed by atoms with van der Waals surface area (Å²) in [7, 11) is 0. The molecular weight excluding hydrogens is 484 g/mol. The van der Waals surface area contributed by atoms with E-state index in [9.17, 15) is 19.2 Å². The average molecular weight is 519 g/mol. The number of nitrogens with one attached hydrogen (secondary N) is 2. The molecule has 4 rings (SSSR count). The molecular formula is C29H34N4O5. The van der Waals surface area contributed by atoms with Crippen LogP contribution in [0, 0.1) is 11.8 Å². The molecule has 9 heteroatoms. The van der Waals surface area contributed by atoms with E-state index in [-0.39, 0.29) is 41.9 Å². The van der Waals surface area contributed by atoms with Gasteiger partial charge in [0.1, 0.15) is 0 Å². The lowest BCUT2D eigenvalue weighted by atomic mass is 9.83. The van der Waals surface area contributed by atoms with Crippen molar-refractivity contribution in [2.24, 2.45) is 11.8 Å². The van der Waals surface area contributed by atoms with Crippen molar-refractivity contribution in [2.45, 2.75) is 64.6 Å². The first-order valence-electron chi connectivity index (χ1n) is 13.1. The van der Waals surface area contributed by atoms with Gasteiger partial charge in [-0.25, -0.2) is 9.36 Å². The van der Waals surface area contributed by atoms with Crippen LogP contribution in [0.5, 0.6) is 0 Å². The Morgan fingerprint density at radius 3 is 2.34 bits per heavy atom. The van der Waals surface area contributed by atoms with Gasteiger partial charge in [-0.3, -0.25) is 18.9 Å². The maximum atomic E-state index is 13.5. The van der Waals surface area contributed by atoms with Crippen LogP contribution < -0.4 is 16.4 Å². The van der Waals surface area contributed by atoms with E-state index in [2.05, 4.69) is 15.8 Å². The van der Waals surface area contributed by atoms with Crippen molar-refractivity contribution in [3.63, 3.8) is 0 Å². The van der Waals surface area contributed by atoms with Crippen LogP contribution in [0.15, 0.2) is 70.0 Å². The summed E-state index contributed by atoms with van der Waals surface area (Å²) in [6.07, 6.45) is 3.51. The summed E-state index contributed by atoms with van der Waals surface area (Å²) in [5, 5.41) is 9.83. The van der Waals surface area contributed by atoms with Gasteiger partial charge in [-0.05, 0) is 37.3 Å².